The molecule has 1 aliphatic heterocycles. The smallest absolute Gasteiger partial charge is 0.363 e. The number of hydrogen-bond acceptors (Lipinski definition) is 3. The predicted molar refractivity (Wildman–Crippen MR) is 54.7 cm³/mol. The zero-order valence-corrected chi connectivity index (χ0v) is 8.27. The van der Waals surface area contributed by atoms with E-state index >= 15 is 0 Å². The molecule has 1 aromatic carbocycles. The van der Waals surface area contributed by atoms with Crippen LogP contribution in [-0.4, -0.2) is 23.3 Å². The number of carboxylic acids is 1. The summed E-state index contributed by atoms with van der Waals surface area (Å²) in [5, 5.41) is 12.0. The summed E-state index contributed by atoms with van der Waals surface area (Å²) in [4.78, 5) is 11.1. The third kappa shape index (κ3) is 1.94. The molecule has 1 aliphatic rings. The average Bonchev–Trinajstić information content (AvgIpc) is 2.69. The van der Waals surface area contributed by atoms with E-state index in [9.17, 15) is 4.79 Å². The summed E-state index contributed by atoms with van der Waals surface area (Å²) < 4.78 is 5.51. The molecule has 1 saturated heterocycles. The van der Waals surface area contributed by atoms with Gasteiger partial charge in [0.2, 0.25) is 0 Å². The van der Waals surface area contributed by atoms with Gasteiger partial charge in [-0.2, -0.15) is 0 Å². The molecule has 2 rings (SSSR count). The number of nitrogens with one attached hydrogen (secondary N) is 1. The Labute approximate surface area is 87.9 Å². The Hall–Kier alpha value is -1.55. The molecule has 0 radical (unpaired) electrons. The van der Waals surface area contributed by atoms with Crippen molar-refractivity contribution < 1.29 is 14.6 Å². The normalized spacial score (nSPS) is 25.1. The van der Waals surface area contributed by atoms with Crippen molar-refractivity contribution in [3.05, 3.63) is 30.3 Å². The van der Waals surface area contributed by atoms with E-state index in [0.717, 1.165) is 6.42 Å². The fourth-order valence-corrected chi connectivity index (χ4v) is 1.72. The molecule has 1 atom stereocenters. The van der Waals surface area contributed by atoms with Gasteiger partial charge in [-0.25, -0.2) is 4.79 Å². The van der Waals surface area contributed by atoms with Gasteiger partial charge in [0.05, 0.1) is 0 Å². The minimum absolute atomic E-state index is 0.497. The van der Waals surface area contributed by atoms with E-state index in [1.54, 1.807) is 12.1 Å². The predicted octanol–water partition coefficient (Wildman–Crippen LogP) is 1.23. The standard InChI is InChI=1S/C11H13NO3/c13-10(14)11(7-4-8-12-11)15-9-5-2-1-3-6-9/h1-3,5-6,12H,4,7-8H2,(H,13,14)/t11-/m1/s1. The van der Waals surface area contributed by atoms with Gasteiger partial charge in [-0.1, -0.05) is 18.2 Å². The molecule has 0 bridgehead atoms. The van der Waals surface area contributed by atoms with Crippen LogP contribution in [0.1, 0.15) is 12.8 Å². The molecule has 0 saturated carbocycles. The van der Waals surface area contributed by atoms with Crippen LogP contribution in [0.3, 0.4) is 0 Å². The van der Waals surface area contributed by atoms with Crippen LogP contribution in [-0.2, 0) is 4.79 Å². The van der Waals surface area contributed by atoms with Crippen molar-refractivity contribution in [3.8, 4) is 5.75 Å². The molecular formula is C11H13NO3. The third-order valence-electron chi connectivity index (χ3n) is 2.50. The van der Waals surface area contributed by atoms with Crippen molar-refractivity contribution in [1.29, 1.82) is 0 Å². The first kappa shape index (κ1) is 9.98. The molecule has 15 heavy (non-hydrogen) atoms. The van der Waals surface area contributed by atoms with Crippen molar-refractivity contribution in [2.24, 2.45) is 0 Å². The lowest BCUT2D eigenvalue weighted by Gasteiger charge is -2.25. The molecule has 80 valence electrons. The van der Waals surface area contributed by atoms with E-state index in [1.807, 2.05) is 18.2 Å². The largest absolute Gasteiger partial charge is 0.477 e. The Kier molecular flexibility index (Phi) is 2.60. The van der Waals surface area contributed by atoms with E-state index in [2.05, 4.69) is 5.32 Å². The summed E-state index contributed by atoms with van der Waals surface area (Å²) in [6.45, 7) is 0.680. The number of carbonyl (C=O) groups is 1. The number of rotatable bonds is 3. The summed E-state index contributed by atoms with van der Waals surface area (Å²) in [5.74, 6) is -0.377. The van der Waals surface area contributed by atoms with Crippen molar-refractivity contribution in [2.45, 2.75) is 18.6 Å². The number of benzene rings is 1. The van der Waals surface area contributed by atoms with Crippen molar-refractivity contribution >= 4 is 5.97 Å². The Morgan fingerprint density at radius 1 is 1.40 bits per heavy atom. The van der Waals surface area contributed by atoms with Crippen LogP contribution in [0.15, 0.2) is 30.3 Å². The zero-order valence-electron chi connectivity index (χ0n) is 8.27. The molecular weight excluding hydrogens is 194 g/mol. The lowest BCUT2D eigenvalue weighted by molar-refractivity contribution is -0.157. The summed E-state index contributed by atoms with van der Waals surface area (Å²) in [5.41, 5.74) is -1.23. The zero-order chi connectivity index (χ0) is 10.7. The Morgan fingerprint density at radius 2 is 2.13 bits per heavy atom. The number of para-hydroxylation sites is 1. The first-order valence-corrected chi connectivity index (χ1v) is 4.95. The number of hydrogen-bond donors (Lipinski definition) is 2. The molecule has 1 heterocycles. The van der Waals surface area contributed by atoms with Crippen LogP contribution in [0, 0.1) is 0 Å². The van der Waals surface area contributed by atoms with Gasteiger partial charge in [-0.15, -0.1) is 0 Å². The quantitative estimate of drug-likeness (QED) is 0.782. The van der Waals surface area contributed by atoms with Crippen LogP contribution in [0.25, 0.3) is 0 Å². The average molecular weight is 207 g/mol. The van der Waals surface area contributed by atoms with Crippen LogP contribution < -0.4 is 10.1 Å². The molecule has 2 N–H and O–H groups in total. The highest BCUT2D eigenvalue weighted by Gasteiger charge is 2.43. The van der Waals surface area contributed by atoms with Crippen LogP contribution >= 0.6 is 0 Å². The van der Waals surface area contributed by atoms with Gasteiger partial charge >= 0.3 is 5.97 Å². The van der Waals surface area contributed by atoms with E-state index in [0.29, 0.717) is 18.7 Å². The van der Waals surface area contributed by atoms with E-state index < -0.39 is 11.7 Å². The second-order valence-electron chi connectivity index (χ2n) is 3.58. The third-order valence-corrected chi connectivity index (χ3v) is 2.50. The van der Waals surface area contributed by atoms with Gasteiger partial charge in [0.1, 0.15) is 5.75 Å². The van der Waals surface area contributed by atoms with Gasteiger partial charge in [-0.3, -0.25) is 5.32 Å². The van der Waals surface area contributed by atoms with Gasteiger partial charge < -0.3 is 9.84 Å². The molecule has 4 nitrogen and oxygen atoms in total. The van der Waals surface area contributed by atoms with Crippen molar-refractivity contribution in [2.75, 3.05) is 6.54 Å². The number of ether oxygens (including phenoxy) is 1. The minimum atomic E-state index is -1.23. The highest BCUT2D eigenvalue weighted by atomic mass is 16.5. The summed E-state index contributed by atoms with van der Waals surface area (Å²) >= 11 is 0. The highest BCUT2D eigenvalue weighted by molar-refractivity contribution is 5.77. The highest BCUT2D eigenvalue weighted by Crippen LogP contribution is 2.24. The molecule has 1 aromatic rings. The molecule has 0 amide bonds. The molecule has 0 unspecified atom stereocenters. The maximum Gasteiger partial charge on any atom is 0.363 e. The number of carboxylic acid groups (broad SMARTS) is 1. The maximum absolute atomic E-state index is 11.1. The Morgan fingerprint density at radius 3 is 2.67 bits per heavy atom. The van der Waals surface area contributed by atoms with E-state index in [-0.39, 0.29) is 0 Å². The van der Waals surface area contributed by atoms with Crippen molar-refractivity contribution in [1.82, 2.24) is 5.32 Å². The molecule has 1 fully saturated rings. The van der Waals surface area contributed by atoms with Crippen LogP contribution in [0.4, 0.5) is 0 Å². The first-order valence-electron chi connectivity index (χ1n) is 4.95. The summed E-state index contributed by atoms with van der Waals surface area (Å²) in [7, 11) is 0. The lowest BCUT2D eigenvalue weighted by atomic mass is 10.1. The lowest BCUT2D eigenvalue weighted by Crippen LogP contribution is -2.52. The van der Waals surface area contributed by atoms with Gasteiger partial charge in [0.15, 0.2) is 0 Å². The molecule has 0 aliphatic carbocycles. The van der Waals surface area contributed by atoms with Crippen LogP contribution in [0.2, 0.25) is 0 Å². The summed E-state index contributed by atoms with van der Waals surface area (Å²) in [6.07, 6.45) is 1.32. The fourth-order valence-electron chi connectivity index (χ4n) is 1.72. The van der Waals surface area contributed by atoms with Gasteiger partial charge in [-0.05, 0) is 25.1 Å². The monoisotopic (exact) mass is 207 g/mol. The molecule has 4 heteroatoms. The summed E-state index contributed by atoms with van der Waals surface area (Å²) in [6, 6.07) is 9.01. The van der Waals surface area contributed by atoms with E-state index in [4.69, 9.17) is 9.84 Å². The van der Waals surface area contributed by atoms with E-state index in [1.165, 1.54) is 0 Å². The Bertz CT molecular complexity index is 344. The second kappa shape index (κ2) is 3.90. The van der Waals surface area contributed by atoms with Gasteiger partial charge in [0, 0.05) is 6.42 Å². The fraction of sp³-hybridized carbons (Fsp3) is 0.364. The maximum atomic E-state index is 11.1. The minimum Gasteiger partial charge on any atom is -0.477 e. The van der Waals surface area contributed by atoms with Crippen LogP contribution in [0.5, 0.6) is 5.75 Å². The number of aliphatic carboxylic acids is 1. The SMILES string of the molecule is O=C(O)[C@]1(Oc2ccccc2)CCCN1. The molecule has 0 spiro atoms. The second-order valence-corrected chi connectivity index (χ2v) is 3.58. The van der Waals surface area contributed by atoms with Gasteiger partial charge in [0.25, 0.3) is 5.72 Å². The first-order chi connectivity index (χ1) is 7.23. The Balaban J connectivity index is 2.18. The van der Waals surface area contributed by atoms with Crippen molar-refractivity contribution in [3.63, 3.8) is 0 Å². The molecule has 0 aromatic heterocycles. The topological polar surface area (TPSA) is 58.6 Å².